The van der Waals surface area contributed by atoms with Crippen LogP contribution in [0, 0.1) is 18.8 Å². The van der Waals surface area contributed by atoms with Gasteiger partial charge in [0, 0.05) is 41.4 Å². The monoisotopic (exact) mass is 613 g/mol. The molecule has 1 atom stereocenters. The van der Waals surface area contributed by atoms with Crippen LogP contribution in [0.4, 0.5) is 10.5 Å². The highest BCUT2D eigenvalue weighted by Gasteiger charge is 2.32. The number of anilines is 1. The number of ether oxygens (including phenoxy) is 3. The number of benzene rings is 2. The van der Waals surface area contributed by atoms with Crippen molar-refractivity contribution in [1.82, 2.24) is 9.97 Å². The van der Waals surface area contributed by atoms with Gasteiger partial charge < -0.3 is 14.2 Å². The summed E-state index contributed by atoms with van der Waals surface area (Å²) in [6, 6.07) is 15.7. The predicted octanol–water partition coefficient (Wildman–Crippen LogP) is 5.65. The van der Waals surface area contributed by atoms with Crippen molar-refractivity contribution in [2.75, 3.05) is 11.4 Å². The van der Waals surface area contributed by atoms with Crippen molar-refractivity contribution >= 4 is 45.6 Å². The number of carbonyl (C=O) groups excluding carboxylic acids is 3. The summed E-state index contributed by atoms with van der Waals surface area (Å²) in [5.74, 6) is 4.79. The molecule has 226 valence electrons. The molecule has 0 N–H and O–H groups in total. The molecule has 0 aliphatic heterocycles. The zero-order chi connectivity index (χ0) is 32.0. The molecule has 4 aromatic rings. The second-order valence-corrected chi connectivity index (χ2v) is 11.9. The molecule has 2 aromatic heterocycles. The standard InChI is InChI=1S/C33H31N3O7S/c1-21-13-15-25-11-9-17-34-28(25)30(21)44(40)36(32(39)43-33(3,4)5)27-12-8-7-10-24(27)16-14-23-18-26(20-42-22(2)37)29(35-19-23)31(38)41-6/h7-13,15,17-19H,20H2,1-6H3. The van der Waals surface area contributed by atoms with Gasteiger partial charge in [-0.15, -0.1) is 0 Å². The number of amides is 1. The SMILES string of the molecule is COC(=O)c1ncc(C#Cc2ccccc2N(C(=O)OC(C)(C)C)S(=O)c2c(C)ccc3cccnc23)cc1COC(C)=O. The average molecular weight is 614 g/mol. The van der Waals surface area contributed by atoms with E-state index < -0.39 is 34.6 Å². The fourth-order valence-corrected chi connectivity index (χ4v) is 5.51. The highest BCUT2D eigenvalue weighted by atomic mass is 32.2. The summed E-state index contributed by atoms with van der Waals surface area (Å²) in [4.78, 5) is 46.3. The van der Waals surface area contributed by atoms with Crippen LogP contribution in [0.25, 0.3) is 10.9 Å². The van der Waals surface area contributed by atoms with Crippen LogP contribution < -0.4 is 4.31 Å². The zero-order valence-corrected chi connectivity index (χ0v) is 26.0. The van der Waals surface area contributed by atoms with E-state index in [0.717, 1.165) is 9.69 Å². The molecule has 1 unspecified atom stereocenters. The molecule has 0 aliphatic carbocycles. The molecule has 0 bridgehead atoms. The number of para-hydroxylation sites is 1. The number of hydrogen-bond donors (Lipinski definition) is 0. The molecule has 2 heterocycles. The van der Waals surface area contributed by atoms with Gasteiger partial charge >= 0.3 is 18.0 Å². The highest BCUT2D eigenvalue weighted by Crippen LogP contribution is 2.31. The van der Waals surface area contributed by atoms with Gasteiger partial charge in [0.15, 0.2) is 16.7 Å². The van der Waals surface area contributed by atoms with Gasteiger partial charge in [-0.2, -0.15) is 4.31 Å². The molecule has 4 rings (SSSR count). The Morgan fingerprint density at radius 1 is 1.00 bits per heavy atom. The number of aryl methyl sites for hydroxylation is 1. The van der Waals surface area contributed by atoms with Gasteiger partial charge in [-0.05, 0) is 57.5 Å². The molecule has 1 amide bonds. The molecular formula is C33H31N3O7S. The van der Waals surface area contributed by atoms with Crippen molar-refractivity contribution in [3.05, 3.63) is 94.9 Å². The van der Waals surface area contributed by atoms with Crippen LogP contribution >= 0.6 is 0 Å². The van der Waals surface area contributed by atoms with Crippen molar-refractivity contribution < 1.29 is 32.8 Å². The highest BCUT2D eigenvalue weighted by molar-refractivity contribution is 7.87. The fourth-order valence-electron chi connectivity index (χ4n) is 4.13. The Balaban J connectivity index is 1.83. The number of aromatic nitrogens is 2. The molecule has 0 saturated heterocycles. The summed E-state index contributed by atoms with van der Waals surface area (Å²) in [5.41, 5.74) is 1.62. The smallest absolute Gasteiger partial charge is 0.427 e. The molecule has 0 fully saturated rings. The number of hydrogen-bond acceptors (Lipinski definition) is 9. The second-order valence-electron chi connectivity index (χ2n) is 10.6. The number of methoxy groups -OCH3 is 1. The zero-order valence-electron chi connectivity index (χ0n) is 25.2. The van der Waals surface area contributed by atoms with E-state index in [2.05, 4.69) is 21.8 Å². The van der Waals surface area contributed by atoms with Crippen LogP contribution in [-0.4, -0.2) is 44.9 Å². The van der Waals surface area contributed by atoms with Gasteiger partial charge in [-0.25, -0.2) is 18.8 Å². The lowest BCUT2D eigenvalue weighted by molar-refractivity contribution is -0.142. The minimum Gasteiger partial charge on any atom is -0.464 e. The third-order valence-electron chi connectivity index (χ3n) is 6.07. The van der Waals surface area contributed by atoms with E-state index in [1.54, 1.807) is 70.3 Å². The minimum absolute atomic E-state index is 0.00901. The lowest BCUT2D eigenvalue weighted by Crippen LogP contribution is -2.38. The van der Waals surface area contributed by atoms with Crippen LogP contribution in [0.15, 0.2) is 71.9 Å². The number of pyridine rings is 2. The quantitative estimate of drug-likeness (QED) is 0.154. The van der Waals surface area contributed by atoms with Gasteiger partial charge in [-0.1, -0.05) is 42.2 Å². The molecule has 0 saturated carbocycles. The van der Waals surface area contributed by atoms with Crippen LogP contribution in [-0.2, 0) is 36.6 Å². The van der Waals surface area contributed by atoms with Gasteiger partial charge in [0.2, 0.25) is 0 Å². The molecule has 44 heavy (non-hydrogen) atoms. The maximum Gasteiger partial charge on any atom is 0.427 e. The van der Waals surface area contributed by atoms with Crippen molar-refractivity contribution in [2.45, 2.75) is 51.7 Å². The van der Waals surface area contributed by atoms with E-state index >= 15 is 0 Å². The Morgan fingerprint density at radius 2 is 1.75 bits per heavy atom. The third-order valence-corrected chi connectivity index (χ3v) is 7.61. The van der Waals surface area contributed by atoms with Gasteiger partial charge in [0.25, 0.3) is 0 Å². The summed E-state index contributed by atoms with van der Waals surface area (Å²) >= 11 is 0. The first-order valence-electron chi connectivity index (χ1n) is 13.5. The molecule has 11 heteroatoms. The average Bonchev–Trinajstić information content (AvgIpc) is 2.98. The second kappa shape index (κ2) is 13.5. The van der Waals surface area contributed by atoms with Crippen LogP contribution in [0.5, 0.6) is 0 Å². The first-order chi connectivity index (χ1) is 20.9. The van der Waals surface area contributed by atoms with Crippen LogP contribution in [0.1, 0.15) is 60.4 Å². The van der Waals surface area contributed by atoms with Crippen LogP contribution in [0.3, 0.4) is 0 Å². The lowest BCUT2D eigenvalue weighted by atomic mass is 10.1. The Morgan fingerprint density at radius 3 is 2.45 bits per heavy atom. The Labute approximate surface area is 258 Å². The summed E-state index contributed by atoms with van der Waals surface area (Å²) in [5, 5.41) is 0.770. The summed E-state index contributed by atoms with van der Waals surface area (Å²) < 4.78 is 31.0. The molecule has 0 radical (unpaired) electrons. The maximum absolute atomic E-state index is 14.4. The third kappa shape index (κ3) is 7.46. The molecular weight excluding hydrogens is 582 g/mol. The minimum atomic E-state index is -2.09. The van der Waals surface area contributed by atoms with Gasteiger partial charge in [0.05, 0.1) is 23.2 Å². The number of fused-ring (bicyclic) bond motifs is 1. The van der Waals surface area contributed by atoms with Crippen molar-refractivity contribution in [3.8, 4) is 11.8 Å². The van der Waals surface area contributed by atoms with E-state index in [-0.39, 0.29) is 18.0 Å². The number of esters is 2. The lowest BCUT2D eigenvalue weighted by Gasteiger charge is -2.27. The number of rotatable bonds is 6. The molecule has 0 spiro atoms. The number of nitrogens with zero attached hydrogens (tertiary/aromatic N) is 3. The van der Waals surface area contributed by atoms with Crippen LogP contribution in [0.2, 0.25) is 0 Å². The fraction of sp³-hybridized carbons (Fsp3) is 0.242. The van der Waals surface area contributed by atoms with Crippen molar-refractivity contribution in [1.29, 1.82) is 0 Å². The molecule has 2 aromatic carbocycles. The molecule has 10 nitrogen and oxygen atoms in total. The van der Waals surface area contributed by atoms with E-state index in [9.17, 15) is 18.6 Å². The van der Waals surface area contributed by atoms with E-state index in [1.807, 2.05) is 18.2 Å². The normalized spacial score (nSPS) is 11.6. The summed E-state index contributed by atoms with van der Waals surface area (Å²) in [7, 11) is -0.863. The largest absolute Gasteiger partial charge is 0.464 e. The Kier molecular flexibility index (Phi) is 9.76. The maximum atomic E-state index is 14.4. The Hall–Kier alpha value is -5.08. The summed E-state index contributed by atoms with van der Waals surface area (Å²) in [6.45, 7) is 8.02. The van der Waals surface area contributed by atoms with Crippen molar-refractivity contribution in [2.24, 2.45) is 0 Å². The van der Waals surface area contributed by atoms with Gasteiger partial charge in [0.1, 0.15) is 12.2 Å². The topological polar surface area (TPSA) is 125 Å². The van der Waals surface area contributed by atoms with E-state index in [1.165, 1.54) is 20.2 Å². The first kappa shape index (κ1) is 31.8. The van der Waals surface area contributed by atoms with E-state index in [4.69, 9.17) is 14.2 Å². The van der Waals surface area contributed by atoms with Gasteiger partial charge in [-0.3, -0.25) is 9.78 Å². The first-order valence-corrected chi connectivity index (χ1v) is 14.6. The molecule has 0 aliphatic rings. The predicted molar refractivity (Wildman–Crippen MR) is 165 cm³/mol. The van der Waals surface area contributed by atoms with Crippen molar-refractivity contribution in [3.63, 3.8) is 0 Å². The van der Waals surface area contributed by atoms with E-state index in [0.29, 0.717) is 32.7 Å². The Bertz CT molecular complexity index is 1840. The number of carbonyl (C=O) groups is 3. The summed E-state index contributed by atoms with van der Waals surface area (Å²) in [6.07, 6.45) is 2.16.